The fourth-order valence-electron chi connectivity index (χ4n) is 2.40. The number of aliphatic hydroxyl groups excluding tert-OH is 1. The molecule has 0 bridgehead atoms. The van der Waals surface area contributed by atoms with E-state index >= 15 is 0 Å². The fraction of sp³-hybridized carbons (Fsp3) is 0.0500. The number of aliphatic imine (C=N–C) groups is 1. The highest BCUT2D eigenvalue weighted by Crippen LogP contribution is 2.28. The maximum absolute atomic E-state index is 9.60. The SMILES string of the molecule is C=C(O)c1ccccc1CN=Cc1ccc(-c2ccccc2Cl)o1. The van der Waals surface area contributed by atoms with Gasteiger partial charge in [0.15, 0.2) is 0 Å². The second-order valence-corrected chi connectivity index (χ2v) is 5.66. The average Bonchev–Trinajstić information content (AvgIpc) is 3.04. The summed E-state index contributed by atoms with van der Waals surface area (Å²) in [5.41, 5.74) is 2.45. The topological polar surface area (TPSA) is 45.7 Å². The van der Waals surface area contributed by atoms with Crippen LogP contribution in [0.1, 0.15) is 16.9 Å². The van der Waals surface area contributed by atoms with Gasteiger partial charge in [-0.2, -0.15) is 0 Å². The van der Waals surface area contributed by atoms with Crippen LogP contribution in [0, 0.1) is 0 Å². The highest BCUT2D eigenvalue weighted by Gasteiger charge is 2.07. The standard InChI is InChI=1S/C20H16ClNO2/c1-14(23)17-7-3-2-6-15(17)12-22-13-16-10-11-20(24-16)18-8-4-5-9-19(18)21/h2-11,13,23H,1,12H2. The zero-order valence-electron chi connectivity index (χ0n) is 12.9. The third-order valence-corrected chi connectivity index (χ3v) is 3.90. The Morgan fingerprint density at radius 3 is 2.62 bits per heavy atom. The molecule has 0 radical (unpaired) electrons. The lowest BCUT2D eigenvalue weighted by molar-refractivity contribution is 0.513. The van der Waals surface area contributed by atoms with Crippen molar-refractivity contribution in [2.75, 3.05) is 0 Å². The molecule has 0 spiro atoms. The van der Waals surface area contributed by atoms with Crippen LogP contribution in [-0.4, -0.2) is 11.3 Å². The van der Waals surface area contributed by atoms with Crippen LogP contribution in [0.5, 0.6) is 0 Å². The van der Waals surface area contributed by atoms with Crippen LogP contribution in [0.3, 0.4) is 0 Å². The Kier molecular flexibility index (Phi) is 4.82. The Bertz CT molecular complexity index is 896. The molecule has 24 heavy (non-hydrogen) atoms. The first-order valence-electron chi connectivity index (χ1n) is 7.46. The van der Waals surface area contributed by atoms with Crippen LogP contribution in [-0.2, 0) is 6.54 Å². The fourth-order valence-corrected chi connectivity index (χ4v) is 2.63. The average molecular weight is 338 g/mol. The van der Waals surface area contributed by atoms with Crippen LogP contribution in [0.4, 0.5) is 0 Å². The van der Waals surface area contributed by atoms with Gasteiger partial charge < -0.3 is 9.52 Å². The molecule has 0 unspecified atom stereocenters. The number of hydrogen-bond donors (Lipinski definition) is 1. The molecule has 3 nitrogen and oxygen atoms in total. The second kappa shape index (κ2) is 7.20. The maximum atomic E-state index is 9.60. The Balaban J connectivity index is 1.75. The summed E-state index contributed by atoms with van der Waals surface area (Å²) >= 11 is 6.17. The molecule has 1 N–H and O–H groups in total. The molecule has 0 aliphatic carbocycles. The summed E-state index contributed by atoms with van der Waals surface area (Å²) in [5, 5.41) is 10.2. The Labute approximate surface area is 145 Å². The van der Waals surface area contributed by atoms with Crippen LogP contribution < -0.4 is 0 Å². The smallest absolute Gasteiger partial charge is 0.145 e. The lowest BCUT2D eigenvalue weighted by Gasteiger charge is -2.04. The summed E-state index contributed by atoms with van der Waals surface area (Å²) in [7, 11) is 0. The highest BCUT2D eigenvalue weighted by molar-refractivity contribution is 6.33. The van der Waals surface area contributed by atoms with Crippen LogP contribution >= 0.6 is 11.6 Å². The number of hydrogen-bond acceptors (Lipinski definition) is 3. The van der Waals surface area contributed by atoms with Crippen molar-refractivity contribution in [2.24, 2.45) is 4.99 Å². The van der Waals surface area contributed by atoms with Crippen molar-refractivity contribution in [3.8, 4) is 11.3 Å². The second-order valence-electron chi connectivity index (χ2n) is 5.26. The van der Waals surface area contributed by atoms with E-state index in [0.29, 0.717) is 28.7 Å². The molecule has 0 saturated carbocycles. The number of nitrogens with zero attached hydrogens (tertiary/aromatic N) is 1. The maximum Gasteiger partial charge on any atom is 0.145 e. The Morgan fingerprint density at radius 2 is 1.83 bits per heavy atom. The van der Waals surface area contributed by atoms with Gasteiger partial charge in [0.25, 0.3) is 0 Å². The van der Waals surface area contributed by atoms with Gasteiger partial charge in [0.1, 0.15) is 17.3 Å². The number of rotatable bonds is 5. The molecule has 2 aromatic carbocycles. The molecular formula is C20H16ClNO2. The summed E-state index contributed by atoms with van der Waals surface area (Å²) in [4.78, 5) is 4.38. The zero-order chi connectivity index (χ0) is 16.9. The summed E-state index contributed by atoms with van der Waals surface area (Å²) in [5.74, 6) is 1.39. The van der Waals surface area contributed by atoms with E-state index in [4.69, 9.17) is 16.0 Å². The molecule has 0 saturated heterocycles. The number of benzene rings is 2. The lowest BCUT2D eigenvalue weighted by atomic mass is 10.1. The van der Waals surface area contributed by atoms with E-state index < -0.39 is 0 Å². The number of halogens is 1. The molecule has 1 aromatic heterocycles. The van der Waals surface area contributed by atoms with Crippen molar-refractivity contribution in [1.29, 1.82) is 0 Å². The molecule has 3 aromatic rings. The minimum absolute atomic E-state index is 0.0415. The monoisotopic (exact) mass is 337 g/mol. The van der Waals surface area contributed by atoms with E-state index in [0.717, 1.165) is 11.1 Å². The summed E-state index contributed by atoms with van der Waals surface area (Å²) in [6, 6.07) is 18.7. The minimum Gasteiger partial charge on any atom is -0.508 e. The van der Waals surface area contributed by atoms with Crippen molar-refractivity contribution >= 4 is 23.6 Å². The number of aliphatic hydroxyl groups is 1. The molecule has 0 amide bonds. The van der Waals surface area contributed by atoms with Gasteiger partial charge >= 0.3 is 0 Å². The molecule has 0 atom stereocenters. The van der Waals surface area contributed by atoms with Crippen LogP contribution in [0.25, 0.3) is 17.1 Å². The first kappa shape index (κ1) is 16.1. The van der Waals surface area contributed by atoms with Gasteiger partial charge in [-0.25, -0.2) is 0 Å². The molecule has 0 aliphatic heterocycles. The molecule has 1 heterocycles. The predicted octanol–water partition coefficient (Wildman–Crippen LogP) is 5.75. The van der Waals surface area contributed by atoms with Crippen molar-refractivity contribution in [2.45, 2.75) is 6.54 Å². The first-order valence-corrected chi connectivity index (χ1v) is 7.83. The Morgan fingerprint density at radius 1 is 1.08 bits per heavy atom. The van der Waals surface area contributed by atoms with Crippen LogP contribution in [0.15, 0.2) is 76.7 Å². The van der Waals surface area contributed by atoms with Crippen molar-refractivity contribution in [1.82, 2.24) is 0 Å². The van der Waals surface area contributed by atoms with Gasteiger partial charge in [0, 0.05) is 11.1 Å². The van der Waals surface area contributed by atoms with E-state index in [2.05, 4.69) is 11.6 Å². The molecule has 120 valence electrons. The molecule has 4 heteroatoms. The van der Waals surface area contributed by atoms with E-state index in [1.54, 1.807) is 6.21 Å². The van der Waals surface area contributed by atoms with Gasteiger partial charge in [0.05, 0.1) is 17.8 Å². The van der Waals surface area contributed by atoms with Crippen molar-refractivity contribution in [3.05, 3.63) is 89.2 Å². The predicted molar refractivity (Wildman–Crippen MR) is 98.6 cm³/mol. The van der Waals surface area contributed by atoms with E-state index in [1.807, 2.05) is 60.7 Å². The van der Waals surface area contributed by atoms with Gasteiger partial charge in [0.2, 0.25) is 0 Å². The summed E-state index contributed by atoms with van der Waals surface area (Å²) in [6.07, 6.45) is 1.66. The first-order chi connectivity index (χ1) is 11.6. The van der Waals surface area contributed by atoms with Gasteiger partial charge in [-0.1, -0.05) is 54.6 Å². The third kappa shape index (κ3) is 3.58. The minimum atomic E-state index is 0.0415. The zero-order valence-corrected chi connectivity index (χ0v) is 13.7. The van der Waals surface area contributed by atoms with Crippen LogP contribution in [0.2, 0.25) is 5.02 Å². The van der Waals surface area contributed by atoms with Crippen molar-refractivity contribution < 1.29 is 9.52 Å². The third-order valence-electron chi connectivity index (χ3n) is 3.57. The van der Waals surface area contributed by atoms with Gasteiger partial charge in [-0.05, 0) is 29.8 Å². The largest absolute Gasteiger partial charge is 0.508 e. The molecule has 3 rings (SSSR count). The lowest BCUT2D eigenvalue weighted by Crippen LogP contribution is -1.91. The van der Waals surface area contributed by atoms with E-state index in [1.165, 1.54) is 0 Å². The summed E-state index contributed by atoms with van der Waals surface area (Å²) < 4.78 is 5.77. The molecule has 0 aliphatic rings. The van der Waals surface area contributed by atoms with E-state index in [-0.39, 0.29) is 5.76 Å². The van der Waals surface area contributed by atoms with Gasteiger partial charge in [-0.15, -0.1) is 0 Å². The number of furan rings is 1. The highest BCUT2D eigenvalue weighted by atomic mass is 35.5. The quantitative estimate of drug-likeness (QED) is 0.476. The summed E-state index contributed by atoms with van der Waals surface area (Å²) in [6.45, 7) is 4.00. The molecule has 0 fully saturated rings. The molecular weight excluding hydrogens is 322 g/mol. The van der Waals surface area contributed by atoms with E-state index in [9.17, 15) is 5.11 Å². The Hall–Kier alpha value is -2.78. The normalized spacial score (nSPS) is 11.0. The van der Waals surface area contributed by atoms with Crippen molar-refractivity contribution in [3.63, 3.8) is 0 Å². The van der Waals surface area contributed by atoms with Gasteiger partial charge in [-0.3, -0.25) is 4.99 Å².